The molecule has 1 atom stereocenters. The average Bonchev–Trinajstić information content (AvgIpc) is 3.45. The minimum absolute atomic E-state index is 0.0229. The topological polar surface area (TPSA) is 183 Å². The molecule has 2 aliphatic rings. The number of carboxylic acids is 3. The number of hydrogen-bond donors (Lipinski definition) is 4. The first-order valence-electron chi connectivity index (χ1n) is 12.6. The van der Waals surface area contributed by atoms with E-state index >= 15 is 0 Å². The van der Waals surface area contributed by atoms with Crippen LogP contribution in [0.5, 0.6) is 0 Å². The van der Waals surface area contributed by atoms with Crippen LogP contribution in [-0.4, -0.2) is 117 Å². The summed E-state index contributed by atoms with van der Waals surface area (Å²) >= 11 is 0. The lowest BCUT2D eigenvalue weighted by Gasteiger charge is -2.55. The molecule has 4 heterocycles. The molecule has 0 aliphatic carbocycles. The summed E-state index contributed by atoms with van der Waals surface area (Å²) in [6.07, 6.45) is -9.95. The van der Waals surface area contributed by atoms with E-state index in [1.807, 2.05) is 31.4 Å². The smallest absolute Gasteiger partial charge is 0.475 e. The Bertz CT molecular complexity index is 1240. The molecule has 1 amide bonds. The summed E-state index contributed by atoms with van der Waals surface area (Å²) < 4.78 is 107. The number of nitrogens with one attached hydrogen (secondary N) is 1. The average molecular weight is 698 g/mol. The maximum Gasteiger partial charge on any atom is 0.490 e. The lowest BCUT2D eigenvalue weighted by atomic mass is 9.90. The first kappa shape index (κ1) is 40.6. The fraction of sp³-hybridized carbons (Fsp3) is 0.480. The van der Waals surface area contributed by atoms with E-state index < -0.39 is 36.4 Å². The molecule has 2 aromatic rings. The van der Waals surface area contributed by atoms with Gasteiger partial charge >= 0.3 is 36.4 Å². The number of likely N-dealkylation sites (N-methyl/N-ethyl adjacent to an activating group) is 1. The van der Waals surface area contributed by atoms with Gasteiger partial charge in [0.25, 0.3) is 0 Å². The zero-order valence-corrected chi connectivity index (χ0v) is 23.9. The molecule has 0 saturated carbocycles. The number of furan rings is 1. The highest BCUT2D eigenvalue weighted by Crippen LogP contribution is 2.31. The second-order valence-corrected chi connectivity index (χ2v) is 9.64. The van der Waals surface area contributed by atoms with Crippen LogP contribution in [0.2, 0.25) is 0 Å². The van der Waals surface area contributed by atoms with Crippen molar-refractivity contribution in [3.05, 3.63) is 54.2 Å². The SMILES string of the molecule is CN1CC2(CN(Cc3cccnc3)C2)OCC1C(=O)NCc1ccco1.O=C(O)C(F)(F)F.O=C(O)C(F)(F)F.O=C(O)C(F)(F)F. The molecule has 1 spiro atoms. The Morgan fingerprint density at radius 2 is 1.40 bits per heavy atom. The molecule has 2 aliphatic heterocycles. The number of nitrogens with zero attached hydrogens (tertiary/aromatic N) is 3. The molecule has 13 nitrogen and oxygen atoms in total. The summed E-state index contributed by atoms with van der Waals surface area (Å²) in [6.45, 7) is 4.23. The number of halogens is 9. The first-order chi connectivity index (χ1) is 21.5. The number of pyridine rings is 1. The molecule has 2 aromatic heterocycles. The Morgan fingerprint density at radius 1 is 0.894 bits per heavy atom. The highest BCUT2D eigenvalue weighted by Gasteiger charge is 2.49. The largest absolute Gasteiger partial charge is 0.490 e. The Kier molecular flexibility index (Phi) is 14.6. The third-order valence-corrected chi connectivity index (χ3v) is 5.82. The number of hydrogen-bond acceptors (Lipinski definition) is 9. The monoisotopic (exact) mass is 698 g/mol. The van der Waals surface area contributed by atoms with Crippen LogP contribution >= 0.6 is 0 Å². The van der Waals surface area contributed by atoms with Crippen molar-refractivity contribution in [2.75, 3.05) is 33.3 Å². The van der Waals surface area contributed by atoms with Crippen LogP contribution in [0.4, 0.5) is 39.5 Å². The fourth-order valence-corrected chi connectivity index (χ4v) is 3.80. The van der Waals surface area contributed by atoms with Crippen molar-refractivity contribution in [3.63, 3.8) is 0 Å². The molecule has 1 unspecified atom stereocenters. The molecule has 0 aromatic carbocycles. The van der Waals surface area contributed by atoms with E-state index in [-0.39, 0.29) is 17.6 Å². The van der Waals surface area contributed by atoms with Gasteiger partial charge in [-0.25, -0.2) is 14.4 Å². The van der Waals surface area contributed by atoms with Gasteiger partial charge in [-0.1, -0.05) is 6.07 Å². The summed E-state index contributed by atoms with van der Waals surface area (Å²) in [5.41, 5.74) is 1.05. The molecular weight excluding hydrogens is 671 g/mol. The predicted octanol–water partition coefficient (Wildman–Crippen LogP) is 2.78. The predicted molar refractivity (Wildman–Crippen MR) is 136 cm³/mol. The number of morpholine rings is 1. The highest BCUT2D eigenvalue weighted by molar-refractivity contribution is 5.82. The van der Waals surface area contributed by atoms with Crippen molar-refractivity contribution in [1.29, 1.82) is 0 Å². The van der Waals surface area contributed by atoms with Crippen molar-refractivity contribution < 1.29 is 83.2 Å². The molecule has 0 radical (unpaired) electrons. The minimum Gasteiger partial charge on any atom is -0.475 e. The molecule has 0 bridgehead atoms. The van der Waals surface area contributed by atoms with Crippen LogP contribution in [0.3, 0.4) is 0 Å². The van der Waals surface area contributed by atoms with Gasteiger partial charge in [0.15, 0.2) is 0 Å². The van der Waals surface area contributed by atoms with Gasteiger partial charge in [0.2, 0.25) is 5.91 Å². The van der Waals surface area contributed by atoms with Crippen LogP contribution < -0.4 is 5.32 Å². The molecular formula is C25H27F9N4O9. The number of ether oxygens (including phenoxy) is 1. The van der Waals surface area contributed by atoms with Crippen LogP contribution in [0, 0.1) is 0 Å². The standard InChI is InChI=1S/C19H24N4O3.3C2HF3O2/c1-22-12-19(13-23(14-19)10-15-4-2-6-20-8-15)26-11-17(22)18(24)21-9-16-5-3-7-25-16;3*3-2(4,5)1(6)7/h2-8,17H,9-14H2,1H3,(H,21,24);3*(H,6,7). The van der Waals surface area contributed by atoms with Gasteiger partial charge in [-0.15, -0.1) is 0 Å². The third-order valence-electron chi connectivity index (χ3n) is 5.82. The number of aliphatic carboxylic acids is 3. The van der Waals surface area contributed by atoms with Gasteiger partial charge in [-0.3, -0.25) is 19.6 Å². The van der Waals surface area contributed by atoms with Crippen molar-refractivity contribution >= 4 is 23.8 Å². The number of carboxylic acid groups (broad SMARTS) is 3. The Balaban J connectivity index is 0.000000430. The summed E-state index contributed by atoms with van der Waals surface area (Å²) in [5, 5.41) is 24.3. The second-order valence-electron chi connectivity index (χ2n) is 9.64. The summed E-state index contributed by atoms with van der Waals surface area (Å²) in [5.74, 6) is -7.54. The molecule has 22 heteroatoms. The van der Waals surface area contributed by atoms with Gasteiger partial charge in [-0.2, -0.15) is 39.5 Å². The molecule has 2 saturated heterocycles. The summed E-state index contributed by atoms with van der Waals surface area (Å²) in [7, 11) is 1.99. The van der Waals surface area contributed by atoms with E-state index in [9.17, 15) is 44.3 Å². The van der Waals surface area contributed by atoms with Crippen molar-refractivity contribution in [2.24, 2.45) is 0 Å². The first-order valence-corrected chi connectivity index (χ1v) is 12.6. The second kappa shape index (κ2) is 16.9. The maximum absolute atomic E-state index is 12.4. The summed E-state index contributed by atoms with van der Waals surface area (Å²) in [6, 6.07) is 7.45. The quantitative estimate of drug-likeness (QED) is 0.336. The normalized spacial score (nSPS) is 17.7. The van der Waals surface area contributed by atoms with Crippen molar-refractivity contribution in [2.45, 2.75) is 43.3 Å². The van der Waals surface area contributed by atoms with E-state index in [1.54, 1.807) is 12.5 Å². The van der Waals surface area contributed by atoms with E-state index in [1.165, 1.54) is 5.56 Å². The fourth-order valence-electron chi connectivity index (χ4n) is 3.80. The zero-order chi connectivity index (χ0) is 36.2. The Labute approximate surface area is 258 Å². The van der Waals surface area contributed by atoms with Crippen molar-refractivity contribution in [1.82, 2.24) is 20.1 Å². The van der Waals surface area contributed by atoms with Crippen LogP contribution in [-0.2, 0) is 37.0 Å². The van der Waals surface area contributed by atoms with E-state index in [2.05, 4.69) is 26.2 Å². The van der Waals surface area contributed by atoms with Gasteiger partial charge in [0.1, 0.15) is 17.4 Å². The van der Waals surface area contributed by atoms with Gasteiger partial charge < -0.3 is 29.8 Å². The number of alkyl halides is 9. The number of amides is 1. The van der Waals surface area contributed by atoms with Gasteiger partial charge in [0.05, 0.1) is 19.4 Å². The Hall–Kier alpha value is -4.44. The lowest BCUT2D eigenvalue weighted by Crippen LogP contribution is -2.72. The Morgan fingerprint density at radius 3 is 1.79 bits per heavy atom. The molecule has 2 fully saturated rings. The molecule has 4 N–H and O–H groups in total. The van der Waals surface area contributed by atoms with E-state index in [4.69, 9.17) is 38.9 Å². The van der Waals surface area contributed by atoms with Gasteiger partial charge in [-0.05, 0) is 30.8 Å². The number of likely N-dealkylation sites (tertiary alicyclic amines) is 1. The van der Waals surface area contributed by atoms with E-state index in [0.717, 1.165) is 31.9 Å². The third kappa shape index (κ3) is 14.7. The summed E-state index contributed by atoms with van der Waals surface area (Å²) in [4.78, 5) is 47.7. The van der Waals surface area contributed by atoms with Gasteiger partial charge in [0, 0.05) is 38.6 Å². The van der Waals surface area contributed by atoms with Crippen molar-refractivity contribution in [3.8, 4) is 0 Å². The van der Waals surface area contributed by atoms with Crippen LogP contribution in [0.15, 0.2) is 47.3 Å². The molecule has 264 valence electrons. The minimum atomic E-state index is -5.08. The number of rotatable bonds is 5. The zero-order valence-electron chi connectivity index (χ0n) is 23.9. The van der Waals surface area contributed by atoms with Crippen LogP contribution in [0.25, 0.3) is 0 Å². The highest BCUT2D eigenvalue weighted by atomic mass is 19.4. The number of aromatic nitrogens is 1. The van der Waals surface area contributed by atoms with E-state index in [0.29, 0.717) is 13.2 Å². The molecule has 4 rings (SSSR count). The van der Waals surface area contributed by atoms with Crippen LogP contribution in [0.1, 0.15) is 11.3 Å². The molecule has 47 heavy (non-hydrogen) atoms. The maximum atomic E-state index is 12.4. The lowest BCUT2D eigenvalue weighted by molar-refractivity contribution is -0.198. The number of carbonyl (C=O) groups excluding carboxylic acids is 1. The number of carbonyl (C=O) groups is 4.